The van der Waals surface area contributed by atoms with Crippen molar-refractivity contribution < 1.29 is 4.79 Å². The van der Waals surface area contributed by atoms with Gasteiger partial charge in [0, 0.05) is 12.4 Å². The van der Waals surface area contributed by atoms with Gasteiger partial charge in [-0.1, -0.05) is 30.3 Å². The van der Waals surface area contributed by atoms with E-state index in [0.29, 0.717) is 0 Å². The zero-order valence-corrected chi connectivity index (χ0v) is 14.0. The second-order valence-electron chi connectivity index (χ2n) is 5.74. The normalized spacial score (nSPS) is 18.0. The van der Waals surface area contributed by atoms with Crippen LogP contribution in [0.3, 0.4) is 0 Å². The molecule has 4 nitrogen and oxygen atoms in total. The first-order valence-electron chi connectivity index (χ1n) is 7.78. The molecule has 122 valence electrons. The quantitative estimate of drug-likeness (QED) is 0.905. The lowest BCUT2D eigenvalue weighted by molar-refractivity contribution is -0.123. The third-order valence-electron chi connectivity index (χ3n) is 4.14. The molecular weight excluding hydrogens is 310 g/mol. The first-order chi connectivity index (χ1) is 10.7. The SMILES string of the molecule is CC(NC(=O)C1CCCN1)c1ccc(-c2cccnc2)cc1.Cl. The third-order valence-corrected chi connectivity index (χ3v) is 4.14. The van der Waals surface area contributed by atoms with Gasteiger partial charge in [0.25, 0.3) is 0 Å². The molecule has 0 aliphatic carbocycles. The van der Waals surface area contributed by atoms with Gasteiger partial charge in [0.05, 0.1) is 12.1 Å². The molecule has 0 radical (unpaired) electrons. The number of hydrogen-bond acceptors (Lipinski definition) is 3. The average Bonchev–Trinajstić information content (AvgIpc) is 3.10. The second kappa shape index (κ2) is 8.09. The summed E-state index contributed by atoms with van der Waals surface area (Å²) in [7, 11) is 0. The van der Waals surface area contributed by atoms with Crippen LogP contribution in [0, 0.1) is 0 Å². The van der Waals surface area contributed by atoms with Gasteiger partial charge in [0.15, 0.2) is 0 Å². The number of aromatic nitrogens is 1. The summed E-state index contributed by atoms with van der Waals surface area (Å²) in [5.41, 5.74) is 3.34. The number of benzene rings is 1. The molecule has 0 saturated carbocycles. The zero-order valence-electron chi connectivity index (χ0n) is 13.2. The first kappa shape index (κ1) is 17.4. The number of hydrogen-bond donors (Lipinski definition) is 2. The predicted molar refractivity (Wildman–Crippen MR) is 94.5 cm³/mol. The van der Waals surface area contributed by atoms with Crippen LogP contribution in [0.5, 0.6) is 0 Å². The Morgan fingerprint density at radius 1 is 1.26 bits per heavy atom. The number of pyridine rings is 1. The van der Waals surface area contributed by atoms with Gasteiger partial charge in [-0.05, 0) is 49.1 Å². The highest BCUT2D eigenvalue weighted by atomic mass is 35.5. The fourth-order valence-corrected chi connectivity index (χ4v) is 2.80. The molecule has 2 unspecified atom stereocenters. The van der Waals surface area contributed by atoms with E-state index in [0.717, 1.165) is 36.1 Å². The Morgan fingerprint density at radius 3 is 2.65 bits per heavy atom. The molecule has 23 heavy (non-hydrogen) atoms. The minimum atomic E-state index is -0.0304. The van der Waals surface area contributed by atoms with Crippen LogP contribution >= 0.6 is 12.4 Å². The van der Waals surface area contributed by atoms with E-state index in [9.17, 15) is 4.79 Å². The predicted octanol–water partition coefficient (Wildman–Crippen LogP) is 3.10. The van der Waals surface area contributed by atoms with Gasteiger partial charge in [0.2, 0.25) is 5.91 Å². The number of halogens is 1. The van der Waals surface area contributed by atoms with Crippen LogP contribution in [0.15, 0.2) is 48.8 Å². The number of carbonyl (C=O) groups excluding carboxylic acids is 1. The lowest BCUT2D eigenvalue weighted by Crippen LogP contribution is -2.41. The lowest BCUT2D eigenvalue weighted by atomic mass is 10.0. The summed E-state index contributed by atoms with van der Waals surface area (Å²) in [6.45, 7) is 2.96. The van der Waals surface area contributed by atoms with E-state index < -0.39 is 0 Å². The maximum Gasteiger partial charge on any atom is 0.237 e. The highest BCUT2D eigenvalue weighted by molar-refractivity contribution is 5.85. The van der Waals surface area contributed by atoms with E-state index in [1.165, 1.54) is 0 Å². The van der Waals surface area contributed by atoms with Crippen LogP contribution in [0.4, 0.5) is 0 Å². The Labute approximate surface area is 143 Å². The molecule has 2 heterocycles. The Hall–Kier alpha value is -1.91. The molecule has 1 aromatic heterocycles. The van der Waals surface area contributed by atoms with Crippen molar-refractivity contribution in [2.75, 3.05) is 6.54 Å². The van der Waals surface area contributed by atoms with Gasteiger partial charge < -0.3 is 10.6 Å². The molecule has 1 aromatic carbocycles. The summed E-state index contributed by atoms with van der Waals surface area (Å²) < 4.78 is 0. The van der Waals surface area contributed by atoms with Crippen LogP contribution in [-0.4, -0.2) is 23.5 Å². The van der Waals surface area contributed by atoms with Gasteiger partial charge in [0.1, 0.15) is 0 Å². The summed E-state index contributed by atoms with van der Waals surface area (Å²) in [5.74, 6) is 0.0985. The first-order valence-corrected chi connectivity index (χ1v) is 7.78. The molecule has 2 N–H and O–H groups in total. The summed E-state index contributed by atoms with van der Waals surface area (Å²) >= 11 is 0. The van der Waals surface area contributed by atoms with Crippen molar-refractivity contribution in [1.29, 1.82) is 0 Å². The number of amides is 1. The molecule has 2 atom stereocenters. The summed E-state index contributed by atoms with van der Waals surface area (Å²) in [6, 6.07) is 12.2. The van der Waals surface area contributed by atoms with Crippen molar-refractivity contribution in [2.24, 2.45) is 0 Å². The maximum absolute atomic E-state index is 12.1. The Morgan fingerprint density at radius 2 is 2.04 bits per heavy atom. The topological polar surface area (TPSA) is 54.0 Å². The smallest absolute Gasteiger partial charge is 0.237 e. The number of nitrogens with zero attached hydrogens (tertiary/aromatic N) is 1. The van der Waals surface area contributed by atoms with Crippen molar-refractivity contribution in [1.82, 2.24) is 15.6 Å². The van der Waals surface area contributed by atoms with Crippen molar-refractivity contribution in [3.63, 3.8) is 0 Å². The molecule has 3 rings (SSSR count). The Kier molecular flexibility index (Phi) is 6.13. The molecule has 2 aromatic rings. The molecule has 0 bridgehead atoms. The van der Waals surface area contributed by atoms with Gasteiger partial charge in [-0.2, -0.15) is 0 Å². The molecule has 1 fully saturated rings. The van der Waals surface area contributed by atoms with E-state index in [-0.39, 0.29) is 30.4 Å². The standard InChI is InChI=1S/C18H21N3O.ClH/c1-13(21-18(22)17-5-3-11-20-17)14-6-8-15(9-7-14)16-4-2-10-19-12-16;/h2,4,6-10,12-13,17,20H,3,5,11H2,1H3,(H,21,22);1H. The highest BCUT2D eigenvalue weighted by Crippen LogP contribution is 2.21. The fraction of sp³-hybridized carbons (Fsp3) is 0.333. The summed E-state index contributed by atoms with van der Waals surface area (Å²) in [5, 5.41) is 6.31. The number of rotatable bonds is 4. The Balaban J connectivity index is 0.00000192. The largest absolute Gasteiger partial charge is 0.348 e. The van der Waals surface area contributed by atoms with E-state index >= 15 is 0 Å². The highest BCUT2D eigenvalue weighted by Gasteiger charge is 2.23. The molecular formula is C18H22ClN3O. The van der Waals surface area contributed by atoms with E-state index in [1.54, 1.807) is 6.20 Å². The van der Waals surface area contributed by atoms with E-state index in [1.807, 2.05) is 25.3 Å². The minimum Gasteiger partial charge on any atom is -0.348 e. The number of carbonyl (C=O) groups is 1. The lowest BCUT2D eigenvalue weighted by Gasteiger charge is -2.18. The van der Waals surface area contributed by atoms with Crippen LogP contribution in [0.2, 0.25) is 0 Å². The average molecular weight is 332 g/mol. The number of nitrogens with one attached hydrogen (secondary N) is 2. The molecule has 5 heteroatoms. The van der Waals surface area contributed by atoms with Gasteiger partial charge >= 0.3 is 0 Å². The molecule has 1 saturated heterocycles. The van der Waals surface area contributed by atoms with Gasteiger partial charge in [-0.25, -0.2) is 0 Å². The maximum atomic E-state index is 12.1. The van der Waals surface area contributed by atoms with Crippen molar-refractivity contribution in [2.45, 2.75) is 31.8 Å². The molecule has 1 aliphatic rings. The Bertz CT molecular complexity index is 624. The molecule has 0 spiro atoms. The van der Waals surface area contributed by atoms with Crippen LogP contribution < -0.4 is 10.6 Å². The fourth-order valence-electron chi connectivity index (χ4n) is 2.80. The van der Waals surface area contributed by atoms with Gasteiger partial charge in [-0.3, -0.25) is 9.78 Å². The minimum absolute atomic E-state index is 0. The van der Waals surface area contributed by atoms with Crippen LogP contribution in [0.25, 0.3) is 11.1 Å². The third kappa shape index (κ3) is 4.30. The van der Waals surface area contributed by atoms with E-state index in [4.69, 9.17) is 0 Å². The zero-order chi connectivity index (χ0) is 15.4. The second-order valence-corrected chi connectivity index (χ2v) is 5.74. The van der Waals surface area contributed by atoms with Crippen molar-refractivity contribution in [3.8, 4) is 11.1 Å². The van der Waals surface area contributed by atoms with Crippen molar-refractivity contribution in [3.05, 3.63) is 54.4 Å². The van der Waals surface area contributed by atoms with Crippen molar-refractivity contribution >= 4 is 18.3 Å². The van der Waals surface area contributed by atoms with Crippen LogP contribution in [-0.2, 0) is 4.79 Å². The summed E-state index contributed by atoms with van der Waals surface area (Å²) in [6.07, 6.45) is 5.63. The molecule has 1 amide bonds. The summed E-state index contributed by atoms with van der Waals surface area (Å²) in [4.78, 5) is 16.3. The van der Waals surface area contributed by atoms with Gasteiger partial charge in [-0.15, -0.1) is 12.4 Å². The van der Waals surface area contributed by atoms with Crippen LogP contribution in [0.1, 0.15) is 31.4 Å². The monoisotopic (exact) mass is 331 g/mol. The van der Waals surface area contributed by atoms with E-state index in [2.05, 4.69) is 39.9 Å². The molecule has 1 aliphatic heterocycles.